The van der Waals surface area contributed by atoms with Crippen molar-refractivity contribution in [3.05, 3.63) is 0 Å². The minimum absolute atomic E-state index is 0.351. The fourth-order valence-corrected chi connectivity index (χ4v) is 2.82. The highest BCUT2D eigenvalue weighted by Crippen LogP contribution is 2.28. The van der Waals surface area contributed by atoms with Gasteiger partial charge in [0.1, 0.15) is 5.78 Å². The molecular weight excluding hydrogens is 186 g/mol. The van der Waals surface area contributed by atoms with Crippen LogP contribution in [0.15, 0.2) is 0 Å². The van der Waals surface area contributed by atoms with Crippen molar-refractivity contribution in [3.8, 4) is 0 Å². The summed E-state index contributed by atoms with van der Waals surface area (Å²) in [5.74, 6) is 1.79. The predicted molar refractivity (Wildman–Crippen MR) is 61.8 cm³/mol. The first-order valence-corrected chi connectivity index (χ1v) is 6.47. The molecule has 2 saturated carbocycles. The Hall–Kier alpha value is -0.370. The Morgan fingerprint density at radius 2 is 1.93 bits per heavy atom. The van der Waals surface area contributed by atoms with Crippen LogP contribution in [-0.4, -0.2) is 30.8 Å². The summed E-state index contributed by atoms with van der Waals surface area (Å²) >= 11 is 0. The smallest absolute Gasteiger partial charge is 0.137 e. The number of carbonyl (C=O) groups excluding carboxylic acids is 1. The Bertz CT molecular complexity index is 223. The molecule has 1 atom stereocenters. The van der Waals surface area contributed by atoms with Gasteiger partial charge in [-0.2, -0.15) is 0 Å². The molecule has 0 saturated heterocycles. The van der Waals surface area contributed by atoms with E-state index in [1.165, 1.54) is 32.2 Å². The van der Waals surface area contributed by atoms with Crippen molar-refractivity contribution in [3.63, 3.8) is 0 Å². The van der Waals surface area contributed by atoms with Crippen LogP contribution >= 0.6 is 0 Å². The lowest BCUT2D eigenvalue weighted by Crippen LogP contribution is -2.36. The van der Waals surface area contributed by atoms with Crippen molar-refractivity contribution >= 4 is 5.78 Å². The second-order valence-electron chi connectivity index (χ2n) is 5.43. The Morgan fingerprint density at radius 1 is 1.13 bits per heavy atom. The molecule has 86 valence electrons. The van der Waals surface area contributed by atoms with E-state index >= 15 is 0 Å². The summed E-state index contributed by atoms with van der Waals surface area (Å²) in [4.78, 5) is 14.1. The van der Waals surface area contributed by atoms with Crippen LogP contribution in [0.25, 0.3) is 0 Å². The highest BCUT2D eigenvalue weighted by atomic mass is 16.1. The number of hydrogen-bond donors (Lipinski definition) is 0. The number of rotatable bonds is 4. The van der Waals surface area contributed by atoms with E-state index in [1.54, 1.807) is 0 Å². The van der Waals surface area contributed by atoms with Crippen LogP contribution in [0.4, 0.5) is 0 Å². The molecule has 0 heterocycles. The molecule has 15 heavy (non-hydrogen) atoms. The fraction of sp³-hybridized carbons (Fsp3) is 0.923. The standard InChI is InChI=1S/C13H23NO/c1-14(9-11-5-4-6-11)10-12-7-2-3-8-13(12)15/h11-12H,2-10H2,1H3. The quantitative estimate of drug-likeness (QED) is 0.709. The van der Waals surface area contributed by atoms with Gasteiger partial charge in [0, 0.05) is 25.4 Å². The number of nitrogens with zero attached hydrogens (tertiary/aromatic N) is 1. The van der Waals surface area contributed by atoms with Gasteiger partial charge in [-0.1, -0.05) is 12.8 Å². The van der Waals surface area contributed by atoms with Crippen molar-refractivity contribution in [1.29, 1.82) is 0 Å². The van der Waals surface area contributed by atoms with Gasteiger partial charge >= 0.3 is 0 Å². The lowest BCUT2D eigenvalue weighted by Gasteiger charge is -2.32. The van der Waals surface area contributed by atoms with Crippen LogP contribution in [0.2, 0.25) is 0 Å². The van der Waals surface area contributed by atoms with E-state index in [0.29, 0.717) is 11.7 Å². The van der Waals surface area contributed by atoms with Gasteiger partial charge in [-0.3, -0.25) is 4.79 Å². The Morgan fingerprint density at radius 3 is 2.53 bits per heavy atom. The number of hydrogen-bond acceptors (Lipinski definition) is 2. The lowest BCUT2D eigenvalue weighted by molar-refractivity contribution is -0.125. The summed E-state index contributed by atoms with van der Waals surface area (Å²) in [6.45, 7) is 2.22. The van der Waals surface area contributed by atoms with E-state index in [-0.39, 0.29) is 0 Å². The molecule has 0 N–H and O–H groups in total. The maximum Gasteiger partial charge on any atom is 0.137 e. The third-order valence-electron chi connectivity index (χ3n) is 4.01. The van der Waals surface area contributed by atoms with E-state index in [1.807, 2.05) is 0 Å². The lowest BCUT2D eigenvalue weighted by atomic mass is 9.84. The third-order valence-corrected chi connectivity index (χ3v) is 4.01. The van der Waals surface area contributed by atoms with Crippen molar-refractivity contribution in [1.82, 2.24) is 4.90 Å². The van der Waals surface area contributed by atoms with E-state index in [9.17, 15) is 4.79 Å². The second-order valence-corrected chi connectivity index (χ2v) is 5.43. The number of carbonyl (C=O) groups is 1. The Kier molecular flexibility index (Phi) is 3.79. The zero-order chi connectivity index (χ0) is 10.7. The van der Waals surface area contributed by atoms with Crippen LogP contribution in [-0.2, 0) is 4.79 Å². The van der Waals surface area contributed by atoms with Crippen molar-refractivity contribution in [2.75, 3.05) is 20.1 Å². The number of Topliss-reactive ketones (excluding diaryl/α,β-unsaturated/α-hetero) is 1. The summed E-state index contributed by atoms with van der Waals surface area (Å²) in [7, 11) is 2.18. The van der Waals surface area contributed by atoms with Gasteiger partial charge in [-0.25, -0.2) is 0 Å². The van der Waals surface area contributed by atoms with Crippen molar-refractivity contribution in [2.24, 2.45) is 11.8 Å². The summed E-state index contributed by atoms with van der Waals surface area (Å²) in [6, 6.07) is 0. The van der Waals surface area contributed by atoms with Gasteiger partial charge < -0.3 is 4.90 Å². The molecule has 2 nitrogen and oxygen atoms in total. The minimum Gasteiger partial charge on any atom is -0.305 e. The largest absolute Gasteiger partial charge is 0.305 e. The maximum atomic E-state index is 11.7. The highest BCUT2D eigenvalue weighted by molar-refractivity contribution is 5.81. The predicted octanol–water partition coefficient (Wildman–Crippen LogP) is 2.48. The van der Waals surface area contributed by atoms with Gasteiger partial charge in [0.25, 0.3) is 0 Å². The first-order chi connectivity index (χ1) is 7.25. The first-order valence-electron chi connectivity index (χ1n) is 6.47. The molecule has 2 aliphatic carbocycles. The van der Waals surface area contributed by atoms with Gasteiger partial charge in [0.15, 0.2) is 0 Å². The number of ketones is 1. The second kappa shape index (κ2) is 5.11. The van der Waals surface area contributed by atoms with E-state index in [2.05, 4.69) is 11.9 Å². The third kappa shape index (κ3) is 3.04. The normalized spacial score (nSPS) is 28.1. The molecule has 0 radical (unpaired) electrons. The first kappa shape index (κ1) is 11.1. The van der Waals surface area contributed by atoms with Gasteiger partial charge in [0.2, 0.25) is 0 Å². The molecule has 2 fully saturated rings. The van der Waals surface area contributed by atoms with Crippen LogP contribution in [0, 0.1) is 11.8 Å². The fourth-order valence-electron chi connectivity index (χ4n) is 2.82. The Labute approximate surface area is 93.0 Å². The molecule has 1 unspecified atom stereocenters. The molecule has 0 amide bonds. The SMILES string of the molecule is CN(CC1CCC1)CC1CCCCC1=O. The van der Waals surface area contributed by atoms with Crippen molar-refractivity contribution in [2.45, 2.75) is 44.9 Å². The molecule has 2 heteroatoms. The van der Waals surface area contributed by atoms with Crippen LogP contribution in [0.1, 0.15) is 44.9 Å². The van der Waals surface area contributed by atoms with Crippen LogP contribution in [0.3, 0.4) is 0 Å². The maximum absolute atomic E-state index is 11.7. The zero-order valence-electron chi connectivity index (χ0n) is 9.87. The van der Waals surface area contributed by atoms with E-state index < -0.39 is 0 Å². The highest BCUT2D eigenvalue weighted by Gasteiger charge is 2.25. The molecule has 0 aromatic carbocycles. The van der Waals surface area contributed by atoms with E-state index in [0.717, 1.165) is 31.7 Å². The van der Waals surface area contributed by atoms with Gasteiger partial charge in [-0.15, -0.1) is 0 Å². The average molecular weight is 209 g/mol. The van der Waals surface area contributed by atoms with Crippen LogP contribution in [0.5, 0.6) is 0 Å². The molecule has 2 rings (SSSR count). The molecule has 0 bridgehead atoms. The minimum atomic E-state index is 0.351. The molecule has 0 aromatic rings. The van der Waals surface area contributed by atoms with E-state index in [4.69, 9.17) is 0 Å². The molecular formula is C13H23NO. The summed E-state index contributed by atoms with van der Waals surface area (Å²) < 4.78 is 0. The summed E-state index contributed by atoms with van der Waals surface area (Å²) in [5, 5.41) is 0. The topological polar surface area (TPSA) is 20.3 Å². The average Bonchev–Trinajstić information content (AvgIpc) is 2.16. The summed E-state index contributed by atoms with van der Waals surface area (Å²) in [5.41, 5.74) is 0. The van der Waals surface area contributed by atoms with Gasteiger partial charge in [-0.05, 0) is 38.6 Å². The van der Waals surface area contributed by atoms with Crippen molar-refractivity contribution < 1.29 is 4.79 Å². The zero-order valence-corrected chi connectivity index (χ0v) is 9.87. The van der Waals surface area contributed by atoms with Crippen LogP contribution < -0.4 is 0 Å². The van der Waals surface area contributed by atoms with Gasteiger partial charge in [0.05, 0.1) is 0 Å². The molecule has 0 aliphatic heterocycles. The summed E-state index contributed by atoms with van der Waals surface area (Å²) in [6.07, 6.45) is 8.58. The molecule has 2 aliphatic rings. The Balaban J connectivity index is 1.71. The molecule has 0 aromatic heterocycles. The monoisotopic (exact) mass is 209 g/mol. The molecule has 0 spiro atoms.